The Morgan fingerprint density at radius 1 is 1.33 bits per heavy atom. The van der Waals surface area contributed by atoms with E-state index in [4.69, 9.17) is 16.3 Å². The summed E-state index contributed by atoms with van der Waals surface area (Å²) in [5.41, 5.74) is 1.42. The van der Waals surface area contributed by atoms with Crippen LogP contribution < -0.4 is 0 Å². The average molecular weight is 369 g/mol. The summed E-state index contributed by atoms with van der Waals surface area (Å²) in [5.74, 6) is 1.13. The predicted octanol–water partition coefficient (Wildman–Crippen LogP) is 3.67. The molecule has 1 aliphatic heterocycles. The highest BCUT2D eigenvalue weighted by Crippen LogP contribution is 2.39. The molecule has 0 radical (unpaired) electrons. The van der Waals surface area contributed by atoms with Gasteiger partial charge in [0.2, 0.25) is 0 Å². The van der Waals surface area contributed by atoms with Gasteiger partial charge < -0.3 is 9.84 Å². The largest absolute Gasteiger partial charge is 0.390 e. The van der Waals surface area contributed by atoms with Crippen LogP contribution in [-0.4, -0.2) is 41.8 Å². The summed E-state index contributed by atoms with van der Waals surface area (Å²) in [4.78, 5) is 2.86. The maximum Gasteiger partial charge on any atom is 0.178 e. The number of nitrogens with zero attached hydrogens (tertiary/aromatic N) is 1. The number of halogens is 1. The van der Waals surface area contributed by atoms with Crippen molar-refractivity contribution in [3.8, 4) is 0 Å². The molecule has 4 atom stereocenters. The molecule has 24 heavy (non-hydrogen) atoms. The van der Waals surface area contributed by atoms with Crippen LogP contribution >= 0.6 is 22.9 Å². The van der Waals surface area contributed by atoms with Crippen molar-refractivity contribution in [2.24, 2.45) is 11.8 Å². The van der Waals surface area contributed by atoms with Gasteiger partial charge in [0.15, 0.2) is 6.54 Å². The quantitative estimate of drug-likeness (QED) is 0.825. The van der Waals surface area contributed by atoms with Crippen LogP contribution in [0.25, 0.3) is 0 Å². The van der Waals surface area contributed by atoms with Gasteiger partial charge in [-0.05, 0) is 50.0 Å². The number of hydrogen-bond acceptors (Lipinski definition) is 3. The lowest BCUT2D eigenvalue weighted by Gasteiger charge is -2.37. The molecule has 0 bridgehead atoms. The number of fused-ring (bicyclic) bond motifs is 2. The normalized spacial score (nSPS) is 32.9. The van der Waals surface area contributed by atoms with Crippen molar-refractivity contribution in [2.45, 2.75) is 63.7 Å². The van der Waals surface area contributed by atoms with Crippen LogP contribution in [0.5, 0.6) is 0 Å². The number of aliphatic hydroxyl groups is 1. The van der Waals surface area contributed by atoms with Crippen molar-refractivity contribution in [3.05, 3.63) is 20.3 Å². The van der Waals surface area contributed by atoms with Crippen molar-refractivity contribution in [3.63, 3.8) is 0 Å². The molecular formula is C19H27ClNO2S+. The lowest BCUT2D eigenvalue weighted by atomic mass is 9.74. The molecule has 0 saturated heterocycles. The zero-order valence-electron chi connectivity index (χ0n) is 14.3. The molecule has 1 aromatic heterocycles. The molecule has 1 aromatic rings. The van der Waals surface area contributed by atoms with Gasteiger partial charge in [-0.1, -0.05) is 11.6 Å². The van der Waals surface area contributed by atoms with Crippen molar-refractivity contribution in [1.82, 2.24) is 0 Å². The van der Waals surface area contributed by atoms with E-state index in [1.807, 2.05) is 11.3 Å². The fourth-order valence-corrected chi connectivity index (χ4v) is 6.45. The van der Waals surface area contributed by atoms with Gasteiger partial charge in [-0.25, -0.2) is 4.58 Å². The third kappa shape index (κ3) is 3.18. The number of aliphatic hydroxyl groups excluding tert-OH is 1. The molecule has 0 spiro atoms. The zero-order chi connectivity index (χ0) is 16.7. The minimum absolute atomic E-state index is 0.0182. The molecule has 4 unspecified atom stereocenters. The first kappa shape index (κ1) is 17.0. The minimum Gasteiger partial charge on any atom is -0.390 e. The van der Waals surface area contributed by atoms with Crippen LogP contribution in [-0.2, 0) is 24.1 Å². The molecule has 0 amide bonds. The summed E-state index contributed by atoms with van der Waals surface area (Å²) in [7, 11) is 1.72. The van der Waals surface area contributed by atoms with Crippen LogP contribution in [0.3, 0.4) is 0 Å². The molecule has 3 aliphatic rings. The van der Waals surface area contributed by atoms with E-state index in [1.165, 1.54) is 41.0 Å². The van der Waals surface area contributed by atoms with Gasteiger partial charge >= 0.3 is 0 Å². The van der Waals surface area contributed by atoms with Crippen molar-refractivity contribution in [2.75, 3.05) is 13.7 Å². The number of thiophene rings is 1. The molecule has 1 N–H and O–H groups in total. The molecule has 0 aromatic carbocycles. The van der Waals surface area contributed by atoms with Gasteiger partial charge in [-0.3, -0.25) is 0 Å². The minimum atomic E-state index is -0.329. The van der Waals surface area contributed by atoms with Crippen molar-refractivity contribution < 1.29 is 14.4 Å². The molecule has 3 nitrogen and oxygen atoms in total. The van der Waals surface area contributed by atoms with E-state index < -0.39 is 0 Å². The summed E-state index contributed by atoms with van der Waals surface area (Å²) >= 11 is 8.60. The summed E-state index contributed by atoms with van der Waals surface area (Å²) in [6.45, 7) is 2.02. The smallest absolute Gasteiger partial charge is 0.178 e. The van der Waals surface area contributed by atoms with Gasteiger partial charge in [-0.2, -0.15) is 0 Å². The molecular weight excluding hydrogens is 342 g/mol. The Kier molecular flexibility index (Phi) is 5.01. The second-order valence-corrected chi connectivity index (χ2v) is 9.16. The maximum absolute atomic E-state index is 10.3. The van der Waals surface area contributed by atoms with Crippen LogP contribution in [0.2, 0.25) is 5.02 Å². The third-order valence-electron chi connectivity index (χ3n) is 6.10. The summed E-state index contributed by atoms with van der Waals surface area (Å²) in [5, 5.41) is 11.3. The van der Waals surface area contributed by atoms with Gasteiger partial charge in [-0.15, -0.1) is 11.3 Å². The predicted molar refractivity (Wildman–Crippen MR) is 98.5 cm³/mol. The number of hydrogen-bond donors (Lipinski definition) is 1. The van der Waals surface area contributed by atoms with Crippen molar-refractivity contribution >= 4 is 29.2 Å². The molecule has 5 heteroatoms. The standard InChI is InChI=1S/C19H27ClNO2S/c1-23-16-9-12-6-7-21(10-13(12)8-15(16)22)11-18-19(20)14-4-2-3-5-17(14)24-18/h10,12-13,15-16,22H,2-9,11H2,1H3/q+1. The summed E-state index contributed by atoms with van der Waals surface area (Å²) in [6.07, 6.45) is 10.0. The van der Waals surface area contributed by atoms with E-state index in [0.717, 1.165) is 37.4 Å². The Hall–Kier alpha value is -0.420. The van der Waals surface area contributed by atoms with Crippen LogP contribution in [0, 0.1) is 11.8 Å². The number of methoxy groups -OCH3 is 1. The van der Waals surface area contributed by atoms with E-state index in [2.05, 4.69) is 10.8 Å². The maximum atomic E-state index is 10.3. The van der Waals surface area contributed by atoms with E-state index >= 15 is 0 Å². The number of ether oxygens (including phenoxy) is 1. The second kappa shape index (κ2) is 7.06. The summed E-state index contributed by atoms with van der Waals surface area (Å²) < 4.78 is 7.88. The highest BCUT2D eigenvalue weighted by molar-refractivity contribution is 7.12. The van der Waals surface area contributed by atoms with Gasteiger partial charge in [0, 0.05) is 24.3 Å². The third-order valence-corrected chi connectivity index (χ3v) is 7.94. The molecule has 132 valence electrons. The van der Waals surface area contributed by atoms with E-state index in [1.54, 1.807) is 7.11 Å². The first-order chi connectivity index (χ1) is 11.7. The molecule has 2 aliphatic carbocycles. The van der Waals surface area contributed by atoms with Gasteiger partial charge in [0.05, 0.1) is 22.1 Å². The Morgan fingerprint density at radius 2 is 2.17 bits per heavy atom. The molecule has 2 heterocycles. The Balaban J connectivity index is 1.49. The zero-order valence-corrected chi connectivity index (χ0v) is 15.9. The Bertz CT molecular complexity index is 642. The topological polar surface area (TPSA) is 32.5 Å². The van der Waals surface area contributed by atoms with E-state index in [9.17, 15) is 5.11 Å². The monoisotopic (exact) mass is 368 g/mol. The lowest BCUT2D eigenvalue weighted by Crippen LogP contribution is -2.44. The highest BCUT2D eigenvalue weighted by Gasteiger charge is 2.40. The fraction of sp³-hybridized carbons (Fsp3) is 0.737. The van der Waals surface area contributed by atoms with Crippen LogP contribution in [0.4, 0.5) is 0 Å². The number of rotatable bonds is 3. The first-order valence-corrected chi connectivity index (χ1v) is 10.4. The van der Waals surface area contributed by atoms with Gasteiger partial charge in [0.1, 0.15) is 12.8 Å². The first-order valence-electron chi connectivity index (χ1n) is 9.24. The molecule has 1 saturated carbocycles. The molecule has 4 rings (SSSR count). The second-order valence-electron chi connectivity index (χ2n) is 7.59. The SMILES string of the molecule is COC1CC2CC[N+](Cc3sc4c(c3Cl)CCCC4)=CC2CC1O. The van der Waals surface area contributed by atoms with Crippen LogP contribution in [0.1, 0.15) is 47.4 Å². The van der Waals surface area contributed by atoms with Crippen LogP contribution in [0.15, 0.2) is 0 Å². The van der Waals surface area contributed by atoms with Crippen molar-refractivity contribution in [1.29, 1.82) is 0 Å². The van der Waals surface area contributed by atoms with E-state index in [0.29, 0.717) is 11.8 Å². The highest BCUT2D eigenvalue weighted by atomic mass is 35.5. The Morgan fingerprint density at radius 3 is 2.96 bits per heavy atom. The Labute approximate surface area is 153 Å². The average Bonchev–Trinajstić information content (AvgIpc) is 2.90. The lowest BCUT2D eigenvalue weighted by molar-refractivity contribution is -0.548. The van der Waals surface area contributed by atoms with Gasteiger partial charge in [0.25, 0.3) is 0 Å². The van der Waals surface area contributed by atoms with E-state index in [-0.39, 0.29) is 12.2 Å². The molecule has 1 fully saturated rings. The number of aryl methyl sites for hydroxylation is 1. The summed E-state index contributed by atoms with van der Waals surface area (Å²) in [6, 6.07) is 0. The fourth-order valence-electron chi connectivity index (χ4n) is 4.70.